The Balaban J connectivity index is 1.11. The van der Waals surface area contributed by atoms with Crippen molar-refractivity contribution >= 4 is 60.8 Å². The Hall–Kier alpha value is -6.84. The molecule has 0 unspecified atom stereocenters. The van der Waals surface area contributed by atoms with E-state index in [1.54, 1.807) is 0 Å². The molecule has 3 nitrogen and oxygen atoms in total. The maximum absolute atomic E-state index is 6.97. The Morgan fingerprint density at radius 3 is 1.93 bits per heavy atom. The molecule has 2 aromatic heterocycles. The number of hydrogen-bond acceptors (Lipinski definition) is 2. The van der Waals surface area contributed by atoms with Crippen LogP contribution in [0.2, 0.25) is 0 Å². The van der Waals surface area contributed by atoms with Crippen molar-refractivity contribution in [2.45, 2.75) is 19.3 Å². The number of benzene rings is 8. The monoisotopic (exact) mass is 692 g/mol. The first kappa shape index (κ1) is 30.8. The van der Waals surface area contributed by atoms with Crippen LogP contribution >= 0.6 is 0 Å². The standard InChI is InChI=1S/C51H36N2O/c1-51(2)44-19-11-9-17-39(44)40-27-25-37(31-45(40)51)52(36-23-21-34(22-24-36)33-13-5-3-6-14-33)38-26-28-41-42-29-30-47-49(50(42)54-48(41)32-38)43-18-10-12-20-46(43)53(47)35-15-7-4-8-16-35/h3-32H,1-2H3. The lowest BCUT2D eigenvalue weighted by molar-refractivity contribution is 0.660. The summed E-state index contributed by atoms with van der Waals surface area (Å²) in [5.41, 5.74) is 16.1. The molecule has 0 fully saturated rings. The van der Waals surface area contributed by atoms with E-state index in [1.807, 2.05) is 0 Å². The van der Waals surface area contributed by atoms with E-state index in [4.69, 9.17) is 4.42 Å². The Labute approximate surface area is 314 Å². The lowest BCUT2D eigenvalue weighted by Crippen LogP contribution is -2.16. The molecule has 3 heteroatoms. The van der Waals surface area contributed by atoms with Crippen LogP contribution in [0, 0.1) is 0 Å². The van der Waals surface area contributed by atoms with E-state index in [1.165, 1.54) is 44.3 Å². The summed E-state index contributed by atoms with van der Waals surface area (Å²) in [5, 5.41) is 4.55. The number of hydrogen-bond donors (Lipinski definition) is 0. The van der Waals surface area contributed by atoms with Crippen LogP contribution < -0.4 is 4.90 Å². The number of rotatable bonds is 5. The molecule has 0 amide bonds. The molecule has 1 aliphatic carbocycles. The maximum atomic E-state index is 6.97. The van der Waals surface area contributed by atoms with Gasteiger partial charge >= 0.3 is 0 Å². The van der Waals surface area contributed by atoms with Crippen LogP contribution in [-0.2, 0) is 5.41 Å². The second-order valence-electron chi connectivity index (χ2n) is 15.0. The average molecular weight is 693 g/mol. The topological polar surface area (TPSA) is 21.3 Å². The molecule has 54 heavy (non-hydrogen) atoms. The van der Waals surface area contributed by atoms with Gasteiger partial charge < -0.3 is 13.9 Å². The van der Waals surface area contributed by atoms with Crippen LogP contribution in [0.4, 0.5) is 17.1 Å². The van der Waals surface area contributed by atoms with Crippen molar-refractivity contribution in [1.82, 2.24) is 4.57 Å². The molecule has 0 N–H and O–H groups in total. The van der Waals surface area contributed by atoms with E-state index >= 15 is 0 Å². The Morgan fingerprint density at radius 1 is 0.463 bits per heavy atom. The van der Waals surface area contributed by atoms with Gasteiger partial charge in [0.15, 0.2) is 0 Å². The van der Waals surface area contributed by atoms with Crippen LogP contribution in [0.5, 0.6) is 0 Å². The van der Waals surface area contributed by atoms with Gasteiger partial charge in [-0.05, 0) is 100 Å². The van der Waals surface area contributed by atoms with Crippen molar-refractivity contribution in [3.8, 4) is 27.9 Å². The fourth-order valence-corrected chi connectivity index (χ4v) is 8.98. The lowest BCUT2D eigenvalue weighted by Gasteiger charge is -2.28. The largest absolute Gasteiger partial charge is 0.455 e. The molecule has 0 saturated carbocycles. The number of anilines is 3. The van der Waals surface area contributed by atoms with E-state index in [0.29, 0.717) is 0 Å². The number of fused-ring (bicyclic) bond motifs is 10. The molecule has 10 aromatic rings. The zero-order valence-electron chi connectivity index (χ0n) is 30.1. The molecule has 256 valence electrons. The van der Waals surface area contributed by atoms with Crippen molar-refractivity contribution in [2.75, 3.05) is 4.90 Å². The quantitative estimate of drug-likeness (QED) is 0.179. The van der Waals surface area contributed by atoms with Crippen LogP contribution in [0.15, 0.2) is 186 Å². The number of furan rings is 1. The average Bonchev–Trinajstić information content (AvgIpc) is 3.84. The van der Waals surface area contributed by atoms with Gasteiger partial charge in [-0.25, -0.2) is 0 Å². The Bertz CT molecular complexity index is 3060. The van der Waals surface area contributed by atoms with Gasteiger partial charge in [0.2, 0.25) is 0 Å². The highest BCUT2D eigenvalue weighted by molar-refractivity contribution is 6.24. The number of para-hydroxylation sites is 2. The highest BCUT2D eigenvalue weighted by Crippen LogP contribution is 2.51. The summed E-state index contributed by atoms with van der Waals surface area (Å²) in [6, 6.07) is 65.7. The Kier molecular flexibility index (Phi) is 6.60. The Morgan fingerprint density at radius 2 is 1.09 bits per heavy atom. The highest BCUT2D eigenvalue weighted by Gasteiger charge is 2.35. The maximum Gasteiger partial charge on any atom is 0.145 e. The summed E-state index contributed by atoms with van der Waals surface area (Å²) in [6.07, 6.45) is 0. The van der Waals surface area contributed by atoms with E-state index in [2.05, 4.69) is 205 Å². The highest BCUT2D eigenvalue weighted by atomic mass is 16.3. The van der Waals surface area contributed by atoms with Gasteiger partial charge in [0.05, 0.1) is 16.4 Å². The van der Waals surface area contributed by atoms with Crippen LogP contribution in [0.25, 0.3) is 71.7 Å². The van der Waals surface area contributed by atoms with Gasteiger partial charge in [-0.15, -0.1) is 0 Å². The zero-order chi connectivity index (χ0) is 36.0. The van der Waals surface area contributed by atoms with E-state index in [-0.39, 0.29) is 5.41 Å². The second-order valence-corrected chi connectivity index (χ2v) is 15.0. The minimum atomic E-state index is -0.113. The molecule has 2 heterocycles. The molecular weight excluding hydrogens is 657 g/mol. The van der Waals surface area contributed by atoms with Gasteiger partial charge in [-0.1, -0.05) is 123 Å². The van der Waals surface area contributed by atoms with E-state index in [9.17, 15) is 0 Å². The molecule has 11 rings (SSSR count). The third kappa shape index (κ3) is 4.48. The molecule has 0 spiro atoms. The SMILES string of the molecule is CC1(C)c2ccccc2-c2ccc(N(c3ccc(-c4ccccc4)cc3)c3ccc4c(c3)oc3c4ccc4c3c3ccccc3n4-c3ccccc3)cc21. The summed E-state index contributed by atoms with van der Waals surface area (Å²) in [7, 11) is 0. The van der Waals surface area contributed by atoms with Crippen molar-refractivity contribution in [2.24, 2.45) is 0 Å². The van der Waals surface area contributed by atoms with Gasteiger partial charge in [0.1, 0.15) is 11.2 Å². The second kappa shape index (κ2) is 11.6. The molecule has 0 atom stereocenters. The first-order valence-corrected chi connectivity index (χ1v) is 18.7. The summed E-state index contributed by atoms with van der Waals surface area (Å²) in [4.78, 5) is 2.37. The molecule has 0 aliphatic heterocycles. The molecule has 8 aromatic carbocycles. The summed E-state index contributed by atoms with van der Waals surface area (Å²) in [5.74, 6) is 0. The van der Waals surface area contributed by atoms with Crippen molar-refractivity contribution < 1.29 is 4.42 Å². The lowest BCUT2D eigenvalue weighted by atomic mass is 9.82. The van der Waals surface area contributed by atoms with Crippen LogP contribution in [0.1, 0.15) is 25.0 Å². The smallest absolute Gasteiger partial charge is 0.145 e. The van der Waals surface area contributed by atoms with E-state index < -0.39 is 0 Å². The van der Waals surface area contributed by atoms with Gasteiger partial charge in [-0.2, -0.15) is 0 Å². The summed E-state index contributed by atoms with van der Waals surface area (Å²) < 4.78 is 9.32. The molecule has 0 bridgehead atoms. The van der Waals surface area contributed by atoms with Crippen molar-refractivity contribution in [3.05, 3.63) is 193 Å². The fourth-order valence-electron chi connectivity index (χ4n) is 8.98. The van der Waals surface area contributed by atoms with E-state index in [0.717, 1.165) is 55.6 Å². The zero-order valence-corrected chi connectivity index (χ0v) is 30.1. The molecular formula is C51H36N2O. The van der Waals surface area contributed by atoms with Crippen LogP contribution in [-0.4, -0.2) is 4.57 Å². The van der Waals surface area contributed by atoms with Crippen LogP contribution in [0.3, 0.4) is 0 Å². The molecule has 1 aliphatic rings. The van der Waals surface area contributed by atoms with Crippen molar-refractivity contribution in [3.63, 3.8) is 0 Å². The van der Waals surface area contributed by atoms with Gasteiger partial charge in [0, 0.05) is 50.4 Å². The summed E-state index contributed by atoms with van der Waals surface area (Å²) in [6.45, 7) is 4.69. The normalized spacial score (nSPS) is 13.1. The first-order valence-electron chi connectivity index (χ1n) is 18.7. The molecule has 0 saturated heterocycles. The minimum absolute atomic E-state index is 0.113. The number of aromatic nitrogens is 1. The van der Waals surface area contributed by atoms with Gasteiger partial charge in [-0.3, -0.25) is 0 Å². The summed E-state index contributed by atoms with van der Waals surface area (Å²) >= 11 is 0. The predicted molar refractivity (Wildman–Crippen MR) is 226 cm³/mol. The van der Waals surface area contributed by atoms with Gasteiger partial charge in [0.25, 0.3) is 0 Å². The molecule has 0 radical (unpaired) electrons. The third-order valence-electron chi connectivity index (χ3n) is 11.6. The van der Waals surface area contributed by atoms with Crippen molar-refractivity contribution in [1.29, 1.82) is 0 Å². The minimum Gasteiger partial charge on any atom is -0.455 e. The first-order chi connectivity index (χ1) is 26.5. The third-order valence-corrected chi connectivity index (χ3v) is 11.6. The predicted octanol–water partition coefficient (Wildman–Crippen LogP) is 14.1. The number of nitrogens with zero attached hydrogens (tertiary/aromatic N) is 2. The fraction of sp³-hybridized carbons (Fsp3) is 0.0588.